The van der Waals surface area contributed by atoms with Crippen molar-refractivity contribution in [3.63, 3.8) is 0 Å². The van der Waals surface area contributed by atoms with Crippen LogP contribution in [0.2, 0.25) is 0 Å². The Hall–Kier alpha value is -1.80. The molecule has 2 heteroatoms. The molecule has 2 unspecified atom stereocenters. The summed E-state index contributed by atoms with van der Waals surface area (Å²) in [7, 11) is 0. The number of hydrogen-bond donors (Lipinski definition) is 1. The zero-order chi connectivity index (χ0) is 14.8. The van der Waals surface area contributed by atoms with Gasteiger partial charge in [-0.3, -0.25) is 0 Å². The van der Waals surface area contributed by atoms with E-state index < -0.39 is 6.10 Å². The number of likely N-dealkylation sites (N-methyl/N-ethyl adjacent to an activating group) is 1. The predicted molar refractivity (Wildman–Crippen MR) is 87.7 cm³/mol. The van der Waals surface area contributed by atoms with Crippen LogP contribution in [0.3, 0.4) is 0 Å². The van der Waals surface area contributed by atoms with Crippen molar-refractivity contribution >= 4 is 5.69 Å². The molecule has 2 aromatic carbocycles. The Balaban J connectivity index is 1.95. The molecule has 1 aliphatic rings. The van der Waals surface area contributed by atoms with Gasteiger partial charge in [0.1, 0.15) is 0 Å². The highest BCUT2D eigenvalue weighted by Crippen LogP contribution is 2.35. The average molecular weight is 281 g/mol. The van der Waals surface area contributed by atoms with Gasteiger partial charge in [0.05, 0.1) is 12.1 Å². The van der Waals surface area contributed by atoms with Crippen LogP contribution in [0.4, 0.5) is 5.69 Å². The molecule has 2 nitrogen and oxygen atoms in total. The van der Waals surface area contributed by atoms with E-state index in [1.807, 2.05) is 6.07 Å². The second-order valence-corrected chi connectivity index (χ2v) is 5.82. The first kappa shape index (κ1) is 14.2. The molecular formula is C19H23NO. The van der Waals surface area contributed by atoms with Crippen molar-refractivity contribution in [2.75, 3.05) is 11.4 Å². The normalized spacial score (nSPS) is 20.9. The van der Waals surface area contributed by atoms with Crippen molar-refractivity contribution in [2.24, 2.45) is 0 Å². The smallest absolute Gasteiger partial charge is 0.0995 e. The van der Waals surface area contributed by atoms with E-state index in [-0.39, 0.29) is 6.04 Å². The van der Waals surface area contributed by atoms with Crippen LogP contribution in [0.5, 0.6) is 0 Å². The molecule has 21 heavy (non-hydrogen) atoms. The summed E-state index contributed by atoms with van der Waals surface area (Å²) < 4.78 is 0. The quantitative estimate of drug-likeness (QED) is 0.923. The van der Waals surface area contributed by atoms with E-state index in [4.69, 9.17) is 0 Å². The van der Waals surface area contributed by atoms with Crippen LogP contribution in [0, 0.1) is 6.92 Å². The first-order valence-electron chi connectivity index (χ1n) is 7.80. The van der Waals surface area contributed by atoms with Crippen molar-refractivity contribution < 1.29 is 5.11 Å². The molecule has 1 aliphatic carbocycles. The molecule has 0 fully saturated rings. The highest BCUT2D eigenvalue weighted by Gasteiger charge is 2.32. The summed E-state index contributed by atoms with van der Waals surface area (Å²) >= 11 is 0. The zero-order valence-corrected chi connectivity index (χ0v) is 12.8. The van der Waals surface area contributed by atoms with Gasteiger partial charge in [-0.25, -0.2) is 0 Å². The summed E-state index contributed by atoms with van der Waals surface area (Å²) in [4.78, 5) is 2.36. The van der Waals surface area contributed by atoms with Crippen molar-refractivity contribution in [3.05, 3.63) is 65.2 Å². The number of anilines is 1. The Bertz CT molecular complexity index is 622. The molecule has 3 rings (SSSR count). The van der Waals surface area contributed by atoms with E-state index in [1.54, 1.807) is 0 Å². The van der Waals surface area contributed by atoms with E-state index in [1.165, 1.54) is 16.8 Å². The molecule has 0 saturated heterocycles. The van der Waals surface area contributed by atoms with Crippen molar-refractivity contribution in [3.8, 4) is 0 Å². The van der Waals surface area contributed by atoms with Crippen molar-refractivity contribution in [1.82, 2.24) is 0 Å². The van der Waals surface area contributed by atoms with Gasteiger partial charge in [-0.15, -0.1) is 0 Å². The van der Waals surface area contributed by atoms with Gasteiger partial charge in [-0.1, -0.05) is 42.5 Å². The third-order valence-electron chi connectivity index (χ3n) is 4.61. The Morgan fingerprint density at radius 1 is 1.10 bits per heavy atom. The lowest BCUT2D eigenvalue weighted by molar-refractivity contribution is 0.129. The second kappa shape index (κ2) is 5.90. The third kappa shape index (κ3) is 2.56. The van der Waals surface area contributed by atoms with Gasteiger partial charge >= 0.3 is 0 Å². The fraction of sp³-hybridized carbons (Fsp3) is 0.368. The lowest BCUT2D eigenvalue weighted by Gasteiger charge is -2.40. The molecule has 0 bridgehead atoms. The number of para-hydroxylation sites is 1. The highest BCUT2D eigenvalue weighted by molar-refractivity contribution is 5.54. The zero-order valence-electron chi connectivity index (χ0n) is 12.8. The van der Waals surface area contributed by atoms with Crippen LogP contribution in [0.1, 0.15) is 36.1 Å². The van der Waals surface area contributed by atoms with Crippen LogP contribution >= 0.6 is 0 Å². The molecule has 0 radical (unpaired) electrons. The Morgan fingerprint density at radius 2 is 1.81 bits per heavy atom. The van der Waals surface area contributed by atoms with Crippen LogP contribution in [0.25, 0.3) is 0 Å². The van der Waals surface area contributed by atoms with Gasteiger partial charge in [-0.2, -0.15) is 0 Å². The van der Waals surface area contributed by atoms with E-state index >= 15 is 0 Å². The number of hydrogen-bond acceptors (Lipinski definition) is 2. The number of nitrogens with zero attached hydrogens (tertiary/aromatic N) is 1. The molecule has 0 aromatic heterocycles. The third-order valence-corrected chi connectivity index (χ3v) is 4.61. The topological polar surface area (TPSA) is 23.5 Å². The maximum Gasteiger partial charge on any atom is 0.0995 e. The van der Waals surface area contributed by atoms with E-state index in [0.717, 1.165) is 24.9 Å². The maximum absolute atomic E-state index is 10.8. The van der Waals surface area contributed by atoms with Crippen LogP contribution < -0.4 is 4.90 Å². The van der Waals surface area contributed by atoms with Crippen molar-refractivity contribution in [2.45, 2.75) is 38.8 Å². The van der Waals surface area contributed by atoms with Crippen LogP contribution in [-0.4, -0.2) is 17.7 Å². The number of benzene rings is 2. The van der Waals surface area contributed by atoms with Crippen molar-refractivity contribution in [1.29, 1.82) is 0 Å². The highest BCUT2D eigenvalue weighted by atomic mass is 16.3. The Morgan fingerprint density at radius 3 is 2.57 bits per heavy atom. The standard InChI is InChI=1S/C19H23NO/c1-3-20(17-11-7-4-8-14(17)2)18-13-12-15-9-5-6-10-16(15)19(18)21/h4-11,18-19,21H,3,12-13H2,1-2H3. The minimum absolute atomic E-state index is 0.158. The molecule has 0 saturated carbocycles. The van der Waals surface area contributed by atoms with E-state index in [9.17, 15) is 5.11 Å². The monoisotopic (exact) mass is 281 g/mol. The van der Waals surface area contributed by atoms with Crippen LogP contribution in [-0.2, 0) is 6.42 Å². The predicted octanol–water partition coefficient (Wildman–Crippen LogP) is 3.87. The molecule has 110 valence electrons. The minimum Gasteiger partial charge on any atom is -0.386 e. The number of fused-ring (bicyclic) bond motifs is 1. The Kier molecular flexibility index (Phi) is 3.98. The van der Waals surface area contributed by atoms with Gasteiger partial charge in [0.15, 0.2) is 0 Å². The molecule has 1 N–H and O–H groups in total. The van der Waals surface area contributed by atoms with Gasteiger partial charge in [0.2, 0.25) is 0 Å². The Labute approximate surface area is 127 Å². The largest absolute Gasteiger partial charge is 0.386 e. The van der Waals surface area contributed by atoms with E-state index in [0.29, 0.717) is 0 Å². The van der Waals surface area contributed by atoms with Gasteiger partial charge in [0.25, 0.3) is 0 Å². The average Bonchev–Trinajstić information content (AvgIpc) is 2.52. The lowest BCUT2D eigenvalue weighted by atomic mass is 9.84. The fourth-order valence-electron chi connectivity index (χ4n) is 3.51. The van der Waals surface area contributed by atoms with Crippen LogP contribution in [0.15, 0.2) is 48.5 Å². The first-order valence-corrected chi connectivity index (χ1v) is 7.80. The lowest BCUT2D eigenvalue weighted by Crippen LogP contribution is -2.42. The molecular weight excluding hydrogens is 258 g/mol. The number of rotatable bonds is 3. The molecule has 0 spiro atoms. The summed E-state index contributed by atoms with van der Waals surface area (Å²) in [5.41, 5.74) is 4.90. The summed E-state index contributed by atoms with van der Waals surface area (Å²) in [6.07, 6.45) is 1.63. The molecule has 0 heterocycles. The fourth-order valence-corrected chi connectivity index (χ4v) is 3.51. The van der Waals surface area contributed by atoms with Gasteiger partial charge in [0, 0.05) is 12.2 Å². The molecule has 2 atom stereocenters. The number of aryl methyl sites for hydroxylation is 2. The summed E-state index contributed by atoms with van der Waals surface area (Å²) in [6, 6.07) is 16.9. The maximum atomic E-state index is 10.8. The SMILES string of the molecule is CCN(c1ccccc1C)C1CCc2ccccc2C1O. The molecule has 0 amide bonds. The molecule has 0 aliphatic heterocycles. The first-order chi connectivity index (χ1) is 10.2. The number of aliphatic hydroxyl groups is 1. The second-order valence-electron chi connectivity index (χ2n) is 5.82. The molecule has 2 aromatic rings. The van der Waals surface area contributed by atoms with Gasteiger partial charge in [-0.05, 0) is 49.4 Å². The summed E-state index contributed by atoms with van der Waals surface area (Å²) in [6.45, 7) is 5.22. The summed E-state index contributed by atoms with van der Waals surface area (Å²) in [5.74, 6) is 0. The summed E-state index contributed by atoms with van der Waals surface area (Å²) in [5, 5.41) is 10.8. The number of aliphatic hydroxyl groups excluding tert-OH is 1. The van der Waals surface area contributed by atoms with Gasteiger partial charge < -0.3 is 10.0 Å². The van der Waals surface area contributed by atoms with E-state index in [2.05, 4.69) is 61.2 Å². The minimum atomic E-state index is -0.408.